The van der Waals surface area contributed by atoms with Crippen LogP contribution in [0.2, 0.25) is 0 Å². The van der Waals surface area contributed by atoms with Crippen molar-refractivity contribution in [2.45, 2.75) is 57.9 Å². The SMILES string of the molecule is CCCN(CCCCNC(=O)c1ccc(-c2ccccc2)cc1)[C@@H]1CCc2ccc(CC(=O)O)cc2C1. The predicted molar refractivity (Wildman–Crippen MR) is 149 cm³/mol. The van der Waals surface area contributed by atoms with Crippen molar-refractivity contribution >= 4 is 11.9 Å². The van der Waals surface area contributed by atoms with Crippen LogP contribution >= 0.6 is 0 Å². The molecule has 1 amide bonds. The van der Waals surface area contributed by atoms with E-state index in [1.807, 2.05) is 48.5 Å². The van der Waals surface area contributed by atoms with Gasteiger partial charge in [-0.05, 0) is 91.6 Å². The lowest BCUT2D eigenvalue weighted by atomic mass is 9.86. The van der Waals surface area contributed by atoms with Gasteiger partial charge in [-0.3, -0.25) is 9.59 Å². The lowest BCUT2D eigenvalue weighted by Gasteiger charge is -2.35. The number of benzene rings is 3. The summed E-state index contributed by atoms with van der Waals surface area (Å²) >= 11 is 0. The number of fused-ring (bicyclic) bond motifs is 1. The largest absolute Gasteiger partial charge is 0.481 e. The van der Waals surface area contributed by atoms with E-state index in [1.165, 1.54) is 11.1 Å². The topological polar surface area (TPSA) is 69.6 Å². The van der Waals surface area contributed by atoms with Crippen molar-refractivity contribution in [2.24, 2.45) is 0 Å². The van der Waals surface area contributed by atoms with Crippen molar-refractivity contribution in [1.29, 1.82) is 0 Å². The normalized spacial score (nSPS) is 14.8. The second-order valence-corrected chi connectivity index (χ2v) is 10.0. The Bertz CT molecular complexity index is 1170. The van der Waals surface area contributed by atoms with Gasteiger partial charge in [-0.15, -0.1) is 0 Å². The highest BCUT2D eigenvalue weighted by molar-refractivity contribution is 5.94. The monoisotopic (exact) mass is 498 g/mol. The third-order valence-corrected chi connectivity index (χ3v) is 7.27. The van der Waals surface area contributed by atoms with Crippen molar-refractivity contribution in [3.8, 4) is 11.1 Å². The fourth-order valence-corrected chi connectivity index (χ4v) is 5.34. The van der Waals surface area contributed by atoms with Gasteiger partial charge >= 0.3 is 5.97 Å². The van der Waals surface area contributed by atoms with Gasteiger partial charge in [-0.25, -0.2) is 0 Å². The quantitative estimate of drug-likeness (QED) is 0.312. The first kappa shape index (κ1) is 26.6. The van der Waals surface area contributed by atoms with Crippen LogP contribution in [0.15, 0.2) is 72.8 Å². The summed E-state index contributed by atoms with van der Waals surface area (Å²) in [5.74, 6) is -0.803. The summed E-state index contributed by atoms with van der Waals surface area (Å²) in [6, 6.07) is 24.6. The number of rotatable bonds is 12. The molecule has 0 unspecified atom stereocenters. The highest BCUT2D eigenvalue weighted by Gasteiger charge is 2.24. The van der Waals surface area contributed by atoms with E-state index in [-0.39, 0.29) is 12.3 Å². The highest BCUT2D eigenvalue weighted by atomic mass is 16.4. The van der Waals surface area contributed by atoms with Crippen LogP contribution in [0.1, 0.15) is 59.7 Å². The molecule has 0 aromatic heterocycles. The predicted octanol–water partition coefficient (Wildman–Crippen LogP) is 5.76. The van der Waals surface area contributed by atoms with E-state index in [9.17, 15) is 9.59 Å². The molecule has 0 saturated heterocycles. The zero-order valence-corrected chi connectivity index (χ0v) is 21.8. The van der Waals surface area contributed by atoms with E-state index in [1.54, 1.807) is 0 Å². The number of amides is 1. The number of carboxylic acid groups (broad SMARTS) is 1. The van der Waals surface area contributed by atoms with Crippen LogP contribution in [0.25, 0.3) is 11.1 Å². The van der Waals surface area contributed by atoms with Crippen molar-refractivity contribution in [2.75, 3.05) is 19.6 Å². The van der Waals surface area contributed by atoms with Crippen LogP contribution in [0.4, 0.5) is 0 Å². The molecule has 5 nitrogen and oxygen atoms in total. The lowest BCUT2D eigenvalue weighted by molar-refractivity contribution is -0.136. The Kier molecular flexibility index (Phi) is 9.50. The second kappa shape index (κ2) is 13.2. The minimum atomic E-state index is -0.781. The van der Waals surface area contributed by atoms with Gasteiger partial charge in [-0.2, -0.15) is 0 Å². The van der Waals surface area contributed by atoms with E-state index < -0.39 is 5.97 Å². The Morgan fingerprint density at radius 3 is 2.41 bits per heavy atom. The standard InChI is InChI=1S/C32H38N2O3/c1-2-19-34(30-17-16-27-11-10-24(22-31(35)36)21-29(27)23-30)20-7-6-18-33-32(37)28-14-12-26(13-15-28)25-8-4-3-5-9-25/h3-5,8-15,21,30H,2,6-7,16-20,22-23H2,1H3,(H,33,37)(H,35,36)/t30-/m1/s1. The molecule has 0 fully saturated rings. The molecule has 4 rings (SSSR count). The maximum atomic E-state index is 12.6. The van der Waals surface area contributed by atoms with E-state index in [2.05, 4.69) is 41.4 Å². The molecular formula is C32H38N2O3. The number of nitrogens with one attached hydrogen (secondary N) is 1. The fourth-order valence-electron chi connectivity index (χ4n) is 5.34. The zero-order chi connectivity index (χ0) is 26.0. The summed E-state index contributed by atoms with van der Waals surface area (Å²) in [4.78, 5) is 26.3. The second-order valence-electron chi connectivity index (χ2n) is 10.0. The number of aliphatic carboxylic acids is 1. The summed E-state index contributed by atoms with van der Waals surface area (Å²) in [6.45, 7) is 4.97. The van der Waals surface area contributed by atoms with Crippen LogP contribution in [0.5, 0.6) is 0 Å². The van der Waals surface area contributed by atoms with Gasteiger partial charge < -0.3 is 15.3 Å². The summed E-state index contributed by atoms with van der Waals surface area (Å²) in [7, 11) is 0. The van der Waals surface area contributed by atoms with Gasteiger partial charge in [0.15, 0.2) is 0 Å². The fraction of sp³-hybridized carbons (Fsp3) is 0.375. The molecule has 1 atom stereocenters. The number of carbonyl (C=O) groups excluding carboxylic acids is 1. The highest BCUT2D eigenvalue weighted by Crippen LogP contribution is 2.26. The smallest absolute Gasteiger partial charge is 0.307 e. The third-order valence-electron chi connectivity index (χ3n) is 7.27. The molecule has 0 saturated carbocycles. The molecule has 37 heavy (non-hydrogen) atoms. The molecule has 5 heteroatoms. The van der Waals surface area contributed by atoms with Crippen LogP contribution in [-0.4, -0.2) is 47.6 Å². The van der Waals surface area contributed by atoms with Gasteiger partial charge in [0.1, 0.15) is 0 Å². The average Bonchev–Trinajstić information content (AvgIpc) is 2.92. The maximum Gasteiger partial charge on any atom is 0.307 e. The number of unbranched alkanes of at least 4 members (excludes halogenated alkanes) is 1. The Hall–Kier alpha value is -3.44. The molecule has 2 N–H and O–H groups in total. The van der Waals surface area contributed by atoms with E-state index in [0.717, 1.165) is 68.3 Å². The molecule has 194 valence electrons. The average molecular weight is 499 g/mol. The van der Waals surface area contributed by atoms with Crippen molar-refractivity contribution in [1.82, 2.24) is 10.2 Å². The number of nitrogens with zero attached hydrogens (tertiary/aromatic N) is 1. The van der Waals surface area contributed by atoms with E-state index in [4.69, 9.17) is 5.11 Å². The molecule has 3 aromatic carbocycles. The Labute approximate surface area is 220 Å². The summed E-state index contributed by atoms with van der Waals surface area (Å²) in [5.41, 5.74) is 6.50. The van der Waals surface area contributed by atoms with Crippen LogP contribution in [0, 0.1) is 0 Å². The van der Waals surface area contributed by atoms with Crippen LogP contribution < -0.4 is 5.32 Å². The van der Waals surface area contributed by atoms with Crippen molar-refractivity contribution in [3.63, 3.8) is 0 Å². The van der Waals surface area contributed by atoms with Gasteiger partial charge in [0.25, 0.3) is 5.91 Å². The van der Waals surface area contributed by atoms with Crippen LogP contribution in [-0.2, 0) is 24.1 Å². The first-order valence-corrected chi connectivity index (χ1v) is 13.5. The number of hydrogen-bond donors (Lipinski definition) is 2. The summed E-state index contributed by atoms with van der Waals surface area (Å²) < 4.78 is 0. The molecular weight excluding hydrogens is 460 g/mol. The number of aryl methyl sites for hydroxylation is 1. The first-order valence-electron chi connectivity index (χ1n) is 13.5. The lowest BCUT2D eigenvalue weighted by Crippen LogP contribution is -2.40. The molecule has 0 aliphatic heterocycles. The Balaban J connectivity index is 1.23. The van der Waals surface area contributed by atoms with Gasteiger partial charge in [-0.1, -0.05) is 67.6 Å². The Morgan fingerprint density at radius 2 is 1.68 bits per heavy atom. The van der Waals surface area contributed by atoms with Crippen molar-refractivity contribution < 1.29 is 14.7 Å². The summed E-state index contributed by atoms with van der Waals surface area (Å²) in [5, 5.41) is 12.2. The number of carbonyl (C=O) groups is 2. The molecule has 1 aliphatic rings. The first-order chi connectivity index (χ1) is 18.0. The third kappa shape index (κ3) is 7.53. The molecule has 0 heterocycles. The molecule has 1 aliphatic carbocycles. The minimum Gasteiger partial charge on any atom is -0.481 e. The molecule has 3 aromatic rings. The maximum absolute atomic E-state index is 12.6. The van der Waals surface area contributed by atoms with E-state index >= 15 is 0 Å². The van der Waals surface area contributed by atoms with Crippen molar-refractivity contribution in [3.05, 3.63) is 95.1 Å². The molecule has 0 radical (unpaired) electrons. The molecule has 0 spiro atoms. The van der Waals surface area contributed by atoms with Gasteiger partial charge in [0, 0.05) is 18.2 Å². The van der Waals surface area contributed by atoms with Crippen LogP contribution in [0.3, 0.4) is 0 Å². The summed E-state index contributed by atoms with van der Waals surface area (Å²) in [6.07, 6.45) is 6.35. The minimum absolute atomic E-state index is 0.0221. The molecule has 0 bridgehead atoms. The number of carboxylic acids is 1. The zero-order valence-electron chi connectivity index (χ0n) is 21.8. The van der Waals surface area contributed by atoms with Gasteiger partial charge in [0.05, 0.1) is 6.42 Å². The number of hydrogen-bond acceptors (Lipinski definition) is 3. The van der Waals surface area contributed by atoms with E-state index in [0.29, 0.717) is 18.2 Å². The van der Waals surface area contributed by atoms with Gasteiger partial charge in [0.2, 0.25) is 0 Å². The Morgan fingerprint density at radius 1 is 0.919 bits per heavy atom.